The number of alkyl halides is 3. The van der Waals surface area contributed by atoms with Crippen LogP contribution in [-0.2, 0) is 6.18 Å². The van der Waals surface area contributed by atoms with Gasteiger partial charge in [0.15, 0.2) is 5.70 Å². The fourth-order valence-electron chi connectivity index (χ4n) is 2.08. The molecule has 1 heterocycles. The Balaban J connectivity index is 2.57. The molecule has 0 saturated carbocycles. The lowest BCUT2D eigenvalue weighted by molar-refractivity contribution is -0.137. The Morgan fingerprint density at radius 2 is 1.89 bits per heavy atom. The number of aromatic nitrogens is 2. The van der Waals surface area contributed by atoms with Crippen LogP contribution >= 0.6 is 35.0 Å². The van der Waals surface area contributed by atoms with Gasteiger partial charge < -0.3 is 5.73 Å². The van der Waals surface area contributed by atoms with Crippen molar-refractivity contribution in [3.8, 4) is 17.8 Å². The van der Waals surface area contributed by atoms with Crippen LogP contribution in [0.1, 0.15) is 11.1 Å². The van der Waals surface area contributed by atoms with Gasteiger partial charge in [0.2, 0.25) is 0 Å². The van der Waals surface area contributed by atoms with E-state index in [4.69, 9.17) is 39.5 Å². The molecule has 12 heteroatoms. The number of nitriles is 2. The van der Waals surface area contributed by atoms with Crippen LogP contribution in [0.2, 0.25) is 10.0 Å². The Morgan fingerprint density at radius 3 is 2.36 bits per heavy atom. The fraction of sp³-hybridized carbons (Fsp3) is 0.125. The first kappa shape index (κ1) is 21.6. The summed E-state index contributed by atoms with van der Waals surface area (Å²) in [6, 6.07) is 4.81. The van der Waals surface area contributed by atoms with E-state index in [0.29, 0.717) is 10.6 Å². The van der Waals surface area contributed by atoms with Crippen LogP contribution in [0, 0.1) is 22.7 Å². The summed E-state index contributed by atoms with van der Waals surface area (Å²) in [6.45, 7) is 0. The molecular weight excluding hydrogens is 436 g/mol. The molecule has 2 rings (SSSR count). The summed E-state index contributed by atoms with van der Waals surface area (Å²) < 4.78 is 40.0. The minimum Gasteiger partial charge on any atom is -0.388 e. The highest BCUT2D eigenvalue weighted by atomic mass is 35.5. The molecule has 0 fully saturated rings. The molecule has 0 amide bonds. The third kappa shape index (κ3) is 4.42. The van der Waals surface area contributed by atoms with Gasteiger partial charge >= 0.3 is 6.18 Å². The second kappa shape index (κ2) is 8.57. The Hall–Kier alpha value is -2.66. The van der Waals surface area contributed by atoms with Gasteiger partial charge in [-0.1, -0.05) is 23.2 Å². The average molecular weight is 445 g/mol. The van der Waals surface area contributed by atoms with Crippen molar-refractivity contribution in [2.24, 2.45) is 10.7 Å². The van der Waals surface area contributed by atoms with Gasteiger partial charge in [-0.25, -0.2) is 9.67 Å². The van der Waals surface area contributed by atoms with Crippen LogP contribution in [0.4, 0.5) is 13.2 Å². The highest BCUT2D eigenvalue weighted by molar-refractivity contribution is 7.98. The van der Waals surface area contributed by atoms with Crippen LogP contribution in [0.3, 0.4) is 0 Å². The van der Waals surface area contributed by atoms with E-state index in [1.165, 1.54) is 28.9 Å². The van der Waals surface area contributed by atoms with Crippen molar-refractivity contribution in [1.29, 1.82) is 10.5 Å². The average Bonchev–Trinajstić information content (AvgIpc) is 3.03. The highest BCUT2D eigenvalue weighted by Gasteiger charge is 2.32. The number of nitrogens with two attached hydrogens (primary N) is 1. The van der Waals surface area contributed by atoms with Crippen LogP contribution in [-0.4, -0.2) is 22.3 Å². The maximum Gasteiger partial charge on any atom is 0.416 e. The third-order valence-electron chi connectivity index (χ3n) is 3.32. The predicted molar refractivity (Wildman–Crippen MR) is 100 cm³/mol. The molecule has 0 aliphatic rings. The largest absolute Gasteiger partial charge is 0.416 e. The van der Waals surface area contributed by atoms with E-state index in [2.05, 4.69) is 10.1 Å². The van der Waals surface area contributed by atoms with Crippen LogP contribution < -0.4 is 5.73 Å². The molecule has 0 bridgehead atoms. The second-order valence-electron chi connectivity index (χ2n) is 5.05. The first-order valence-electron chi connectivity index (χ1n) is 7.16. The van der Waals surface area contributed by atoms with Crippen molar-refractivity contribution in [3.63, 3.8) is 0 Å². The van der Waals surface area contributed by atoms with E-state index in [0.717, 1.165) is 12.1 Å². The lowest BCUT2D eigenvalue weighted by atomic mass is 10.2. The molecule has 0 unspecified atom stereocenters. The van der Waals surface area contributed by atoms with Crippen LogP contribution in [0.15, 0.2) is 39.7 Å². The molecule has 28 heavy (non-hydrogen) atoms. The maximum absolute atomic E-state index is 12.9. The van der Waals surface area contributed by atoms with E-state index in [-0.39, 0.29) is 27.1 Å². The number of halogens is 5. The predicted octanol–water partition coefficient (Wildman–Crippen LogP) is 4.56. The number of rotatable bonds is 4. The molecule has 6 nitrogen and oxygen atoms in total. The Kier molecular flexibility index (Phi) is 6.62. The molecule has 2 N–H and O–H groups in total. The Labute approximate surface area is 171 Å². The van der Waals surface area contributed by atoms with Crippen molar-refractivity contribution in [1.82, 2.24) is 9.78 Å². The summed E-state index contributed by atoms with van der Waals surface area (Å²) >= 11 is 13.3. The van der Waals surface area contributed by atoms with Gasteiger partial charge in [-0.2, -0.15) is 28.8 Å². The minimum atomic E-state index is -4.60. The van der Waals surface area contributed by atoms with Gasteiger partial charge in [-0.05, 0) is 18.4 Å². The van der Waals surface area contributed by atoms with Crippen molar-refractivity contribution in [2.45, 2.75) is 11.2 Å². The fourth-order valence-corrected chi connectivity index (χ4v) is 3.38. The maximum atomic E-state index is 12.9. The molecule has 0 aliphatic carbocycles. The summed E-state index contributed by atoms with van der Waals surface area (Å²) in [5, 5.41) is 21.8. The Morgan fingerprint density at radius 1 is 1.29 bits per heavy atom. The number of aliphatic imine (C=N–C) groups is 1. The first-order chi connectivity index (χ1) is 13.1. The number of benzene rings is 1. The van der Waals surface area contributed by atoms with Gasteiger partial charge in [-0.3, -0.25) is 0 Å². The summed E-state index contributed by atoms with van der Waals surface area (Å²) in [6.07, 6.45) is -0.292. The number of thioether (sulfide) groups is 1. The lowest BCUT2D eigenvalue weighted by Crippen LogP contribution is -2.07. The zero-order chi connectivity index (χ0) is 21.1. The summed E-state index contributed by atoms with van der Waals surface area (Å²) in [5.74, 6) is 0. The summed E-state index contributed by atoms with van der Waals surface area (Å²) in [5.41, 5.74) is 4.23. The highest BCUT2D eigenvalue weighted by Crippen LogP contribution is 2.38. The van der Waals surface area contributed by atoms with Gasteiger partial charge in [0.1, 0.15) is 28.5 Å². The molecular formula is C16H9Cl2F3N6S. The van der Waals surface area contributed by atoms with E-state index in [1.807, 2.05) is 0 Å². The van der Waals surface area contributed by atoms with Gasteiger partial charge in [-0.15, -0.1) is 11.8 Å². The smallest absolute Gasteiger partial charge is 0.388 e. The second-order valence-corrected chi connectivity index (χ2v) is 6.66. The standard InChI is InChI=1S/C16H9Cl2F3N6S/c1-28-15-8(6-25-13(5-23)12(24)4-22)7-26-27(15)14-10(17)2-9(3-11(14)18)16(19,20)21/h2-3,6-7H,24H2,1H3/b13-12-,25-6+. The molecule has 0 radical (unpaired) electrons. The monoisotopic (exact) mass is 444 g/mol. The number of nitrogens with zero attached hydrogens (tertiary/aromatic N) is 5. The van der Waals surface area contributed by atoms with Crippen LogP contribution in [0.25, 0.3) is 5.69 Å². The zero-order valence-corrected chi connectivity index (χ0v) is 16.2. The molecule has 144 valence electrons. The quantitative estimate of drug-likeness (QED) is 0.422. The van der Waals surface area contributed by atoms with Gasteiger partial charge in [0.25, 0.3) is 0 Å². The van der Waals surface area contributed by atoms with E-state index in [1.54, 1.807) is 18.4 Å². The van der Waals surface area contributed by atoms with E-state index >= 15 is 0 Å². The lowest BCUT2D eigenvalue weighted by Gasteiger charge is -2.14. The van der Waals surface area contributed by atoms with Crippen molar-refractivity contribution >= 4 is 41.2 Å². The topological polar surface area (TPSA) is 104 Å². The molecule has 2 aromatic rings. The molecule has 0 atom stereocenters. The molecule has 1 aromatic carbocycles. The summed E-state index contributed by atoms with van der Waals surface area (Å²) in [4.78, 5) is 3.85. The Bertz CT molecular complexity index is 1040. The number of hydrogen-bond donors (Lipinski definition) is 1. The third-order valence-corrected chi connectivity index (χ3v) is 4.69. The molecule has 1 aromatic heterocycles. The first-order valence-corrected chi connectivity index (χ1v) is 9.14. The zero-order valence-electron chi connectivity index (χ0n) is 13.9. The van der Waals surface area contributed by atoms with Gasteiger partial charge in [0.05, 0.1) is 21.8 Å². The number of allylic oxidation sites excluding steroid dienone is 2. The van der Waals surface area contributed by atoms with E-state index < -0.39 is 11.7 Å². The van der Waals surface area contributed by atoms with Crippen LogP contribution in [0.5, 0.6) is 0 Å². The SMILES string of the molecule is CSc1c(/C=N/C(C#N)=C(\N)C#N)cnn1-c1c(Cl)cc(C(F)(F)F)cc1Cl. The minimum absolute atomic E-state index is 0.0629. The molecule has 0 spiro atoms. The van der Waals surface area contributed by atoms with Crippen molar-refractivity contribution in [3.05, 3.63) is 50.9 Å². The molecule has 0 aliphatic heterocycles. The van der Waals surface area contributed by atoms with Crippen molar-refractivity contribution in [2.75, 3.05) is 6.26 Å². The van der Waals surface area contributed by atoms with Crippen molar-refractivity contribution < 1.29 is 13.2 Å². The van der Waals surface area contributed by atoms with Gasteiger partial charge in [0, 0.05) is 11.8 Å². The number of hydrogen-bond acceptors (Lipinski definition) is 6. The summed E-state index contributed by atoms with van der Waals surface area (Å²) in [7, 11) is 0. The normalized spacial score (nSPS) is 12.6. The molecule has 0 saturated heterocycles. The van der Waals surface area contributed by atoms with E-state index in [9.17, 15) is 13.2 Å².